The molecule has 0 radical (unpaired) electrons. The predicted molar refractivity (Wildman–Crippen MR) is 165 cm³/mol. The second-order valence-electron chi connectivity index (χ2n) is 11.4. The fraction of sp³-hybridized carbons (Fsp3) is 0.531. The Morgan fingerprint density at radius 3 is 2.44 bits per heavy atom. The largest absolute Gasteiger partial charge is 0.383 e. The van der Waals surface area contributed by atoms with Crippen molar-refractivity contribution in [3.05, 3.63) is 68.9 Å². The molecule has 1 aliphatic rings. The van der Waals surface area contributed by atoms with Crippen LogP contribution in [0.25, 0.3) is 11.1 Å². The summed E-state index contributed by atoms with van der Waals surface area (Å²) >= 11 is 0. The van der Waals surface area contributed by atoms with Gasteiger partial charge in [-0.15, -0.1) is 0 Å². The molecule has 222 valence electrons. The van der Waals surface area contributed by atoms with Crippen LogP contribution in [0.2, 0.25) is 0 Å². The zero-order valence-corrected chi connectivity index (χ0v) is 25.7. The molecule has 9 nitrogen and oxygen atoms in total. The first-order chi connectivity index (χ1) is 19.6. The number of hydrogen-bond donors (Lipinski definition) is 2. The van der Waals surface area contributed by atoms with Crippen LogP contribution in [-0.4, -0.2) is 71.5 Å². The van der Waals surface area contributed by atoms with Gasteiger partial charge in [0.1, 0.15) is 0 Å². The molecular formula is C32H46N6O3. The zero-order valence-electron chi connectivity index (χ0n) is 25.7. The second-order valence-corrected chi connectivity index (χ2v) is 11.4. The molecule has 1 aromatic carbocycles. The average molecular weight is 563 g/mol. The number of anilines is 1. The van der Waals surface area contributed by atoms with Crippen LogP contribution < -0.4 is 15.8 Å². The predicted octanol–water partition coefficient (Wildman–Crippen LogP) is 4.35. The fourth-order valence-corrected chi connectivity index (χ4v) is 6.19. The van der Waals surface area contributed by atoms with Crippen LogP contribution in [0.5, 0.6) is 0 Å². The molecule has 0 spiro atoms. The summed E-state index contributed by atoms with van der Waals surface area (Å²) in [6.45, 7) is 10.7. The number of ether oxygens (including phenoxy) is 1. The van der Waals surface area contributed by atoms with Crippen molar-refractivity contribution in [1.29, 1.82) is 0 Å². The monoisotopic (exact) mass is 562 g/mol. The Hall–Kier alpha value is -3.43. The van der Waals surface area contributed by atoms with Crippen LogP contribution in [0.1, 0.15) is 65.3 Å². The molecule has 2 N–H and O–H groups in total. The van der Waals surface area contributed by atoms with Crippen molar-refractivity contribution in [2.75, 3.05) is 38.8 Å². The third kappa shape index (κ3) is 7.08. The molecule has 2 aromatic heterocycles. The van der Waals surface area contributed by atoms with Gasteiger partial charge in [-0.05, 0) is 95.3 Å². The maximum absolute atomic E-state index is 13.7. The summed E-state index contributed by atoms with van der Waals surface area (Å²) in [5.74, 6) is -0.187. The number of nitrogens with one attached hydrogen (secondary N) is 2. The highest BCUT2D eigenvalue weighted by molar-refractivity contribution is 5.98. The quantitative estimate of drug-likeness (QED) is 0.361. The molecule has 0 unspecified atom stereocenters. The molecule has 41 heavy (non-hydrogen) atoms. The first-order valence-electron chi connectivity index (χ1n) is 14.7. The normalized spacial score (nSPS) is 17.2. The van der Waals surface area contributed by atoms with E-state index in [4.69, 9.17) is 4.74 Å². The Labute approximate surface area is 243 Å². The van der Waals surface area contributed by atoms with E-state index in [2.05, 4.69) is 45.2 Å². The number of benzene rings is 1. The van der Waals surface area contributed by atoms with Gasteiger partial charge in [0.2, 0.25) is 0 Å². The molecule has 3 aromatic rings. The minimum atomic E-state index is -0.187. The van der Waals surface area contributed by atoms with E-state index in [9.17, 15) is 9.59 Å². The lowest BCUT2D eigenvalue weighted by Crippen LogP contribution is -2.44. The number of likely N-dealkylation sites (N-methyl/N-ethyl adjacent to an activating group) is 1. The van der Waals surface area contributed by atoms with E-state index in [0.29, 0.717) is 23.2 Å². The third-order valence-electron chi connectivity index (χ3n) is 8.61. The Morgan fingerprint density at radius 2 is 1.83 bits per heavy atom. The Kier molecular flexibility index (Phi) is 10.0. The van der Waals surface area contributed by atoms with Crippen LogP contribution in [0.15, 0.2) is 35.4 Å². The number of pyridine rings is 1. The molecule has 0 saturated heterocycles. The van der Waals surface area contributed by atoms with Gasteiger partial charge in [-0.2, -0.15) is 5.10 Å². The Bertz CT molecular complexity index is 1400. The minimum Gasteiger partial charge on any atom is -0.383 e. The number of aryl methyl sites for hydroxylation is 3. The lowest BCUT2D eigenvalue weighted by Gasteiger charge is -2.41. The smallest absolute Gasteiger partial charge is 0.253 e. The Morgan fingerprint density at radius 1 is 1.12 bits per heavy atom. The highest BCUT2D eigenvalue weighted by Gasteiger charge is 2.29. The number of hydrogen-bond acceptors (Lipinski definition) is 6. The minimum absolute atomic E-state index is 0.162. The van der Waals surface area contributed by atoms with Gasteiger partial charge in [-0.25, -0.2) is 0 Å². The van der Waals surface area contributed by atoms with E-state index in [1.807, 2.05) is 52.3 Å². The molecule has 1 saturated carbocycles. The maximum atomic E-state index is 13.7. The number of carbonyl (C=O) groups is 1. The first-order valence-corrected chi connectivity index (χ1v) is 14.7. The molecule has 2 heterocycles. The lowest BCUT2D eigenvalue weighted by atomic mass is 9.88. The molecule has 1 fully saturated rings. The highest BCUT2D eigenvalue weighted by atomic mass is 16.5. The van der Waals surface area contributed by atoms with Gasteiger partial charge in [-0.3, -0.25) is 14.3 Å². The molecule has 0 bridgehead atoms. The summed E-state index contributed by atoms with van der Waals surface area (Å²) in [4.78, 5) is 34.0. The molecule has 4 rings (SSSR count). The lowest BCUT2D eigenvalue weighted by molar-refractivity contribution is 0.0950. The van der Waals surface area contributed by atoms with Gasteiger partial charge in [-0.1, -0.05) is 0 Å². The van der Waals surface area contributed by atoms with E-state index in [-0.39, 0.29) is 18.0 Å². The zero-order chi connectivity index (χ0) is 29.7. The van der Waals surface area contributed by atoms with E-state index < -0.39 is 0 Å². The van der Waals surface area contributed by atoms with Gasteiger partial charge in [0.15, 0.2) is 0 Å². The van der Waals surface area contributed by atoms with E-state index in [1.54, 1.807) is 11.8 Å². The summed E-state index contributed by atoms with van der Waals surface area (Å²) in [5.41, 5.74) is 6.67. The summed E-state index contributed by atoms with van der Waals surface area (Å²) in [5, 5.41) is 7.40. The number of H-pyrrole nitrogens is 1. The van der Waals surface area contributed by atoms with Crippen molar-refractivity contribution in [2.24, 2.45) is 7.05 Å². The number of methoxy groups -OCH3 is 1. The van der Waals surface area contributed by atoms with Gasteiger partial charge in [0, 0.05) is 80.1 Å². The summed E-state index contributed by atoms with van der Waals surface area (Å²) in [7, 11) is 5.84. The standard InChI is InChI=1S/C32H46N6O3/c1-8-38(27-11-9-26(10-12-27)36(5)13-14-41-7)30-17-24(25-18-34-37(6)20-25)16-28(23(30)4)31(39)33-19-29-21(2)15-22(3)35-32(29)40/h15-18,20,26-27H,8-14,19H2,1-7H3,(H,33,39)(H,35,40). The van der Waals surface area contributed by atoms with Gasteiger partial charge < -0.3 is 24.8 Å². The van der Waals surface area contributed by atoms with Crippen molar-refractivity contribution in [2.45, 2.75) is 72.0 Å². The highest BCUT2D eigenvalue weighted by Crippen LogP contribution is 2.35. The molecule has 9 heteroatoms. The van der Waals surface area contributed by atoms with Crippen molar-refractivity contribution in [3.63, 3.8) is 0 Å². The van der Waals surface area contributed by atoms with Crippen molar-refractivity contribution in [3.8, 4) is 11.1 Å². The average Bonchev–Trinajstić information content (AvgIpc) is 3.38. The molecule has 0 atom stereocenters. The van der Waals surface area contributed by atoms with Crippen molar-refractivity contribution >= 4 is 11.6 Å². The number of amides is 1. The van der Waals surface area contributed by atoms with E-state index in [0.717, 1.165) is 79.0 Å². The van der Waals surface area contributed by atoms with Gasteiger partial charge in [0.05, 0.1) is 12.8 Å². The van der Waals surface area contributed by atoms with Crippen LogP contribution in [-0.2, 0) is 18.3 Å². The van der Waals surface area contributed by atoms with Crippen molar-refractivity contribution in [1.82, 2.24) is 25.0 Å². The molecule has 1 aliphatic carbocycles. The van der Waals surface area contributed by atoms with E-state index >= 15 is 0 Å². The third-order valence-corrected chi connectivity index (χ3v) is 8.61. The first kappa shape index (κ1) is 30.5. The van der Waals surface area contributed by atoms with Crippen LogP contribution >= 0.6 is 0 Å². The second kappa shape index (κ2) is 13.5. The number of aromatic nitrogens is 3. The summed E-state index contributed by atoms with van der Waals surface area (Å²) in [6.07, 6.45) is 8.29. The maximum Gasteiger partial charge on any atom is 0.253 e. The Balaban J connectivity index is 1.62. The molecule has 0 aliphatic heterocycles. The number of nitrogens with zero attached hydrogens (tertiary/aromatic N) is 4. The summed E-state index contributed by atoms with van der Waals surface area (Å²) in [6, 6.07) is 7.06. The van der Waals surface area contributed by atoms with Crippen LogP contribution in [0.4, 0.5) is 5.69 Å². The van der Waals surface area contributed by atoms with Crippen LogP contribution in [0, 0.1) is 20.8 Å². The topological polar surface area (TPSA) is 95.5 Å². The summed E-state index contributed by atoms with van der Waals surface area (Å²) < 4.78 is 7.06. The van der Waals surface area contributed by atoms with E-state index in [1.165, 1.54) is 0 Å². The van der Waals surface area contributed by atoms with Crippen molar-refractivity contribution < 1.29 is 9.53 Å². The van der Waals surface area contributed by atoms with Gasteiger partial charge >= 0.3 is 0 Å². The molecular weight excluding hydrogens is 516 g/mol. The number of rotatable bonds is 11. The fourth-order valence-electron chi connectivity index (χ4n) is 6.19. The van der Waals surface area contributed by atoms with Gasteiger partial charge in [0.25, 0.3) is 11.5 Å². The molecule has 1 amide bonds. The van der Waals surface area contributed by atoms with Crippen LogP contribution in [0.3, 0.4) is 0 Å². The number of carbonyl (C=O) groups excluding carboxylic acids is 1. The SMILES string of the molecule is CCN(c1cc(-c2cnn(C)c2)cc(C(=O)NCc2c(C)cc(C)[nH]c2=O)c1C)C1CCC(N(C)CCOC)CC1. The number of aromatic amines is 1.